The van der Waals surface area contributed by atoms with Gasteiger partial charge in [0.2, 0.25) is 0 Å². The minimum absolute atomic E-state index is 0.226. The molecule has 0 spiro atoms. The predicted octanol–water partition coefficient (Wildman–Crippen LogP) is 3.12. The molecule has 0 aliphatic carbocycles. The van der Waals surface area contributed by atoms with Gasteiger partial charge >= 0.3 is 10.2 Å². The van der Waals surface area contributed by atoms with Crippen molar-refractivity contribution in [3.05, 3.63) is 28.5 Å². The van der Waals surface area contributed by atoms with Crippen LogP contribution in [0.25, 0.3) is 0 Å². The van der Waals surface area contributed by atoms with E-state index in [-0.39, 0.29) is 5.69 Å². The lowest BCUT2D eigenvalue weighted by Gasteiger charge is -2.21. The van der Waals surface area contributed by atoms with Crippen molar-refractivity contribution in [2.75, 3.05) is 17.8 Å². The summed E-state index contributed by atoms with van der Waals surface area (Å²) in [6, 6.07) is 3.92. The summed E-state index contributed by atoms with van der Waals surface area (Å²) in [5, 5.41) is 0. The molecule has 0 unspecified atom stereocenters. The van der Waals surface area contributed by atoms with Gasteiger partial charge in [-0.05, 0) is 47.0 Å². The summed E-state index contributed by atoms with van der Waals surface area (Å²) in [5.41, 5.74) is 0.226. The second-order valence-corrected chi connectivity index (χ2v) is 7.07. The van der Waals surface area contributed by atoms with Crippen LogP contribution in [0.3, 0.4) is 0 Å². The van der Waals surface area contributed by atoms with Crippen LogP contribution in [0, 0.1) is 5.82 Å². The average molecular weight is 351 g/mol. The number of nitrogens with zero attached hydrogens (tertiary/aromatic N) is 1. The van der Waals surface area contributed by atoms with Gasteiger partial charge in [-0.25, -0.2) is 4.39 Å². The van der Waals surface area contributed by atoms with E-state index in [1.807, 2.05) is 0 Å². The first-order chi connectivity index (χ1) is 8.99. The Balaban J connectivity index is 2.18. The van der Waals surface area contributed by atoms with E-state index >= 15 is 0 Å². The van der Waals surface area contributed by atoms with Crippen LogP contribution in [0.4, 0.5) is 10.1 Å². The third-order valence-electron chi connectivity index (χ3n) is 3.07. The average Bonchev–Trinajstić information content (AvgIpc) is 2.63. The highest BCUT2D eigenvalue weighted by Gasteiger charge is 2.23. The topological polar surface area (TPSA) is 49.4 Å². The van der Waals surface area contributed by atoms with Gasteiger partial charge in [0.25, 0.3) is 0 Å². The number of hydrogen-bond acceptors (Lipinski definition) is 2. The minimum Gasteiger partial charge on any atom is -0.270 e. The number of hydrogen-bond donors (Lipinski definition) is 1. The number of benzene rings is 1. The van der Waals surface area contributed by atoms with E-state index in [2.05, 4.69) is 20.7 Å². The van der Waals surface area contributed by atoms with Crippen molar-refractivity contribution >= 4 is 31.8 Å². The molecule has 0 saturated carbocycles. The lowest BCUT2D eigenvalue weighted by molar-refractivity contribution is 0.427. The van der Waals surface area contributed by atoms with Gasteiger partial charge in [0.1, 0.15) is 5.82 Å². The van der Waals surface area contributed by atoms with Gasteiger partial charge in [-0.3, -0.25) is 4.72 Å². The molecule has 1 aliphatic heterocycles. The van der Waals surface area contributed by atoms with Gasteiger partial charge in [0.05, 0.1) is 5.69 Å². The smallest absolute Gasteiger partial charge is 0.270 e. The molecule has 1 aromatic rings. The monoisotopic (exact) mass is 350 g/mol. The summed E-state index contributed by atoms with van der Waals surface area (Å²) in [5.74, 6) is -0.475. The molecule has 1 N–H and O–H groups in total. The maximum absolute atomic E-state index is 13.2. The van der Waals surface area contributed by atoms with Crippen molar-refractivity contribution in [1.82, 2.24) is 4.31 Å². The Hall–Kier alpha value is -0.660. The van der Waals surface area contributed by atoms with E-state index in [9.17, 15) is 12.8 Å². The largest absolute Gasteiger partial charge is 0.301 e. The molecule has 1 aromatic carbocycles. The Bertz CT molecular complexity index is 543. The van der Waals surface area contributed by atoms with Crippen molar-refractivity contribution in [3.63, 3.8) is 0 Å². The zero-order chi connectivity index (χ0) is 13.9. The van der Waals surface area contributed by atoms with Crippen LogP contribution in [0.2, 0.25) is 0 Å². The van der Waals surface area contributed by atoms with E-state index in [0.717, 1.165) is 25.7 Å². The van der Waals surface area contributed by atoms with Crippen LogP contribution in [0.1, 0.15) is 25.7 Å². The Morgan fingerprint density at radius 2 is 1.79 bits per heavy atom. The van der Waals surface area contributed by atoms with E-state index in [4.69, 9.17) is 0 Å². The fraction of sp³-hybridized carbons (Fsp3) is 0.500. The van der Waals surface area contributed by atoms with E-state index in [0.29, 0.717) is 17.6 Å². The fourth-order valence-electron chi connectivity index (χ4n) is 2.06. The quantitative estimate of drug-likeness (QED) is 0.910. The Morgan fingerprint density at radius 1 is 1.16 bits per heavy atom. The highest BCUT2D eigenvalue weighted by Crippen LogP contribution is 2.25. The first kappa shape index (κ1) is 14.7. The summed E-state index contributed by atoms with van der Waals surface area (Å²) in [6.07, 6.45) is 3.84. The van der Waals surface area contributed by atoms with Crippen molar-refractivity contribution in [3.8, 4) is 0 Å². The Morgan fingerprint density at radius 3 is 2.42 bits per heavy atom. The van der Waals surface area contributed by atoms with Gasteiger partial charge in [-0.15, -0.1) is 0 Å². The number of halogens is 2. The van der Waals surface area contributed by atoms with Crippen molar-refractivity contribution in [2.24, 2.45) is 0 Å². The van der Waals surface area contributed by atoms with Crippen LogP contribution in [0.15, 0.2) is 22.7 Å². The molecule has 106 valence electrons. The SMILES string of the molecule is O=S(=O)(Nc1cc(F)ccc1Br)N1CCCCCC1. The van der Waals surface area contributed by atoms with Crippen molar-refractivity contribution in [2.45, 2.75) is 25.7 Å². The molecule has 1 fully saturated rings. The first-order valence-electron chi connectivity index (χ1n) is 6.22. The normalized spacial score (nSPS) is 18.0. The van der Waals surface area contributed by atoms with Crippen LogP contribution in [-0.2, 0) is 10.2 Å². The molecular formula is C12H16BrFN2O2S. The molecule has 0 bridgehead atoms. The molecule has 0 atom stereocenters. The molecule has 1 saturated heterocycles. The predicted molar refractivity (Wildman–Crippen MR) is 76.7 cm³/mol. The van der Waals surface area contributed by atoms with Gasteiger partial charge in [0.15, 0.2) is 0 Å². The highest BCUT2D eigenvalue weighted by molar-refractivity contribution is 9.10. The number of nitrogens with one attached hydrogen (secondary N) is 1. The van der Waals surface area contributed by atoms with E-state index in [1.54, 1.807) is 0 Å². The van der Waals surface area contributed by atoms with Gasteiger partial charge in [0, 0.05) is 17.6 Å². The maximum Gasteiger partial charge on any atom is 0.301 e. The second-order valence-electron chi connectivity index (χ2n) is 4.54. The summed E-state index contributed by atoms with van der Waals surface area (Å²) in [6.45, 7) is 1.03. The van der Waals surface area contributed by atoms with Crippen molar-refractivity contribution in [1.29, 1.82) is 0 Å². The number of rotatable bonds is 3. The van der Waals surface area contributed by atoms with Crippen LogP contribution in [-0.4, -0.2) is 25.8 Å². The van der Waals surface area contributed by atoms with Gasteiger partial charge < -0.3 is 0 Å². The molecule has 7 heteroatoms. The Kier molecular flexibility index (Phi) is 4.81. The third kappa shape index (κ3) is 3.90. The fourth-order valence-corrected chi connectivity index (χ4v) is 3.85. The molecule has 1 aliphatic rings. The highest BCUT2D eigenvalue weighted by atomic mass is 79.9. The van der Waals surface area contributed by atoms with Gasteiger partial charge in [-0.2, -0.15) is 12.7 Å². The lowest BCUT2D eigenvalue weighted by atomic mass is 10.2. The zero-order valence-corrected chi connectivity index (χ0v) is 12.8. The molecular weight excluding hydrogens is 335 g/mol. The van der Waals surface area contributed by atoms with E-state index in [1.165, 1.54) is 22.5 Å². The second kappa shape index (κ2) is 6.19. The minimum atomic E-state index is -3.61. The number of anilines is 1. The zero-order valence-electron chi connectivity index (χ0n) is 10.4. The molecule has 4 nitrogen and oxygen atoms in total. The van der Waals surface area contributed by atoms with Gasteiger partial charge in [-0.1, -0.05) is 12.8 Å². The first-order valence-corrected chi connectivity index (χ1v) is 8.45. The standard InChI is InChI=1S/C12H16BrFN2O2S/c13-11-6-5-10(14)9-12(11)15-19(17,18)16-7-3-1-2-4-8-16/h5-6,9,15H,1-4,7-8H2. The summed E-state index contributed by atoms with van der Waals surface area (Å²) < 4.78 is 42.0. The molecule has 0 radical (unpaired) electrons. The maximum atomic E-state index is 13.2. The summed E-state index contributed by atoms with van der Waals surface area (Å²) in [4.78, 5) is 0. The molecule has 0 aromatic heterocycles. The Labute approximate surface area is 121 Å². The summed E-state index contributed by atoms with van der Waals surface area (Å²) in [7, 11) is -3.61. The summed E-state index contributed by atoms with van der Waals surface area (Å²) >= 11 is 3.21. The van der Waals surface area contributed by atoms with E-state index < -0.39 is 16.0 Å². The lowest BCUT2D eigenvalue weighted by Crippen LogP contribution is -2.36. The van der Waals surface area contributed by atoms with Crippen LogP contribution < -0.4 is 4.72 Å². The van der Waals surface area contributed by atoms with Crippen LogP contribution >= 0.6 is 15.9 Å². The molecule has 2 rings (SSSR count). The van der Waals surface area contributed by atoms with Crippen LogP contribution in [0.5, 0.6) is 0 Å². The molecule has 0 amide bonds. The third-order valence-corrected chi connectivity index (χ3v) is 5.29. The van der Waals surface area contributed by atoms with Crippen molar-refractivity contribution < 1.29 is 12.8 Å². The molecule has 1 heterocycles. The molecule has 19 heavy (non-hydrogen) atoms.